The predicted molar refractivity (Wildman–Crippen MR) is 68.0 cm³/mol. The van der Waals surface area contributed by atoms with Gasteiger partial charge in [-0.1, -0.05) is 13.0 Å². The number of urea groups is 1. The number of nitrogens with one attached hydrogen (secondary N) is 2. The quantitative estimate of drug-likeness (QED) is 0.602. The molecule has 0 aromatic carbocycles. The number of carbonyl (C=O) groups excluding carboxylic acids is 2. The first-order valence-corrected chi connectivity index (χ1v) is 6.12. The summed E-state index contributed by atoms with van der Waals surface area (Å²) < 4.78 is 0. The molecule has 1 saturated heterocycles. The number of piperidine rings is 1. The maximum atomic E-state index is 11.6. The molecule has 3 N–H and O–H groups in total. The molecule has 1 aliphatic heterocycles. The molecule has 0 bridgehead atoms. The highest BCUT2D eigenvalue weighted by Crippen LogP contribution is 2.15. The van der Waals surface area contributed by atoms with E-state index >= 15 is 0 Å². The lowest BCUT2D eigenvalue weighted by molar-refractivity contribution is -0.122. The van der Waals surface area contributed by atoms with Crippen LogP contribution in [0.3, 0.4) is 0 Å². The van der Waals surface area contributed by atoms with Crippen LogP contribution in [0.2, 0.25) is 0 Å². The summed E-state index contributed by atoms with van der Waals surface area (Å²) in [5.41, 5.74) is 0. The van der Waals surface area contributed by atoms with Gasteiger partial charge in [-0.05, 0) is 12.3 Å². The van der Waals surface area contributed by atoms with Crippen molar-refractivity contribution < 1.29 is 14.7 Å². The van der Waals surface area contributed by atoms with Crippen molar-refractivity contribution in [1.82, 2.24) is 15.5 Å². The Balaban J connectivity index is 2.27. The van der Waals surface area contributed by atoms with Gasteiger partial charge in [0.05, 0.1) is 12.6 Å². The first kappa shape index (κ1) is 14.7. The third-order valence-corrected chi connectivity index (χ3v) is 2.97. The van der Waals surface area contributed by atoms with Crippen molar-refractivity contribution >= 4 is 11.9 Å². The zero-order valence-corrected chi connectivity index (χ0v) is 10.7. The lowest BCUT2D eigenvalue weighted by Gasteiger charge is -2.33. The summed E-state index contributed by atoms with van der Waals surface area (Å²) in [6, 6.07) is -0.509. The Labute approximate surface area is 107 Å². The number of nitrogens with zero attached hydrogens (tertiary/aromatic N) is 1. The summed E-state index contributed by atoms with van der Waals surface area (Å²) >= 11 is 0. The fourth-order valence-electron chi connectivity index (χ4n) is 1.94. The number of rotatable bonds is 4. The molecule has 2 atom stereocenters. The van der Waals surface area contributed by atoms with Gasteiger partial charge in [-0.25, -0.2) is 4.79 Å². The Morgan fingerprint density at radius 1 is 1.56 bits per heavy atom. The molecule has 6 nitrogen and oxygen atoms in total. The number of likely N-dealkylation sites (tertiary alicyclic amines) is 1. The highest BCUT2D eigenvalue weighted by atomic mass is 16.3. The molecule has 0 radical (unpaired) electrons. The highest BCUT2D eigenvalue weighted by Gasteiger charge is 2.25. The second-order valence-electron chi connectivity index (χ2n) is 4.62. The molecule has 0 saturated carbocycles. The van der Waals surface area contributed by atoms with E-state index < -0.39 is 6.03 Å². The lowest BCUT2D eigenvalue weighted by Crippen LogP contribution is -2.48. The Bertz CT molecular complexity index is 320. The van der Waals surface area contributed by atoms with Crippen molar-refractivity contribution in [2.24, 2.45) is 5.92 Å². The number of amides is 3. The first-order valence-electron chi connectivity index (χ1n) is 6.12. The van der Waals surface area contributed by atoms with Crippen LogP contribution in [-0.2, 0) is 4.79 Å². The average Bonchev–Trinajstić information content (AvgIpc) is 2.31. The molecule has 1 aliphatic rings. The topological polar surface area (TPSA) is 81.7 Å². The van der Waals surface area contributed by atoms with Crippen molar-refractivity contribution in [3.05, 3.63) is 12.7 Å². The Hall–Kier alpha value is -1.40. The number of hydrogen-bond acceptors (Lipinski definition) is 4. The number of carbonyl (C=O) groups is 2. The molecular formula is C12H21N3O3. The average molecular weight is 255 g/mol. The van der Waals surface area contributed by atoms with Crippen LogP contribution in [0.1, 0.15) is 13.3 Å². The first-order chi connectivity index (χ1) is 8.52. The third kappa shape index (κ3) is 4.85. The number of aliphatic hydroxyl groups is 1. The molecule has 0 aliphatic carbocycles. The second kappa shape index (κ2) is 7.13. The van der Waals surface area contributed by atoms with Crippen LogP contribution in [0.15, 0.2) is 12.7 Å². The number of hydrogen-bond donors (Lipinski definition) is 3. The minimum absolute atomic E-state index is 0.154. The minimum Gasteiger partial charge on any atom is -0.393 e. The largest absolute Gasteiger partial charge is 0.393 e. The Morgan fingerprint density at radius 2 is 2.28 bits per heavy atom. The van der Waals surface area contributed by atoms with Crippen LogP contribution >= 0.6 is 0 Å². The molecule has 1 fully saturated rings. The van der Waals surface area contributed by atoms with Gasteiger partial charge in [-0.2, -0.15) is 0 Å². The van der Waals surface area contributed by atoms with Crippen LogP contribution < -0.4 is 10.6 Å². The van der Waals surface area contributed by atoms with E-state index in [0.29, 0.717) is 26.1 Å². The van der Waals surface area contributed by atoms with Gasteiger partial charge in [0, 0.05) is 19.6 Å². The molecule has 0 aromatic rings. The highest BCUT2D eigenvalue weighted by molar-refractivity contribution is 5.95. The third-order valence-electron chi connectivity index (χ3n) is 2.97. The molecule has 0 aromatic heterocycles. The monoisotopic (exact) mass is 255 g/mol. The van der Waals surface area contributed by atoms with Gasteiger partial charge in [0.15, 0.2) is 0 Å². The summed E-state index contributed by atoms with van der Waals surface area (Å²) in [6.45, 7) is 7.26. The summed E-state index contributed by atoms with van der Waals surface area (Å²) in [7, 11) is 0. The van der Waals surface area contributed by atoms with Gasteiger partial charge >= 0.3 is 6.03 Å². The molecule has 3 amide bonds. The molecule has 6 heteroatoms. The van der Waals surface area contributed by atoms with Crippen molar-refractivity contribution in [1.29, 1.82) is 0 Å². The van der Waals surface area contributed by atoms with Crippen molar-refractivity contribution in [2.45, 2.75) is 19.4 Å². The van der Waals surface area contributed by atoms with Crippen LogP contribution in [0, 0.1) is 5.92 Å². The van der Waals surface area contributed by atoms with Gasteiger partial charge in [-0.15, -0.1) is 6.58 Å². The van der Waals surface area contributed by atoms with E-state index in [4.69, 9.17) is 0 Å². The zero-order valence-electron chi connectivity index (χ0n) is 10.7. The number of aliphatic hydroxyl groups excluding tert-OH is 1. The molecule has 2 unspecified atom stereocenters. The molecule has 102 valence electrons. The molecule has 1 heterocycles. The van der Waals surface area contributed by atoms with E-state index in [1.807, 2.05) is 11.8 Å². The normalized spacial score (nSPS) is 24.3. The van der Waals surface area contributed by atoms with Crippen molar-refractivity contribution in [3.63, 3.8) is 0 Å². The lowest BCUT2D eigenvalue weighted by atomic mass is 9.97. The van der Waals surface area contributed by atoms with E-state index in [2.05, 4.69) is 17.2 Å². The fourth-order valence-corrected chi connectivity index (χ4v) is 1.94. The molecule has 0 spiro atoms. The maximum absolute atomic E-state index is 11.6. The van der Waals surface area contributed by atoms with E-state index in [1.54, 1.807) is 0 Å². The number of imide groups is 1. The summed E-state index contributed by atoms with van der Waals surface area (Å²) in [4.78, 5) is 24.7. The fraction of sp³-hybridized carbons (Fsp3) is 0.667. The Kier molecular flexibility index (Phi) is 5.80. The minimum atomic E-state index is -0.509. The van der Waals surface area contributed by atoms with E-state index in [1.165, 1.54) is 6.08 Å². The Morgan fingerprint density at radius 3 is 2.89 bits per heavy atom. The molecular weight excluding hydrogens is 234 g/mol. The van der Waals surface area contributed by atoms with E-state index in [-0.39, 0.29) is 24.5 Å². The van der Waals surface area contributed by atoms with Crippen LogP contribution in [0.25, 0.3) is 0 Å². The van der Waals surface area contributed by atoms with Gasteiger partial charge in [-0.3, -0.25) is 15.0 Å². The standard InChI is InChI=1S/C12H21N3O3/c1-3-5-13-12(18)14-11(17)8-15-6-4-10(16)9(2)7-15/h3,9-10,16H,1,4-8H2,2H3,(H2,13,14,17,18). The molecule has 1 rings (SSSR count). The summed E-state index contributed by atoms with van der Waals surface area (Å²) in [6.07, 6.45) is 1.91. The molecule has 18 heavy (non-hydrogen) atoms. The van der Waals surface area contributed by atoms with Crippen molar-refractivity contribution in [2.75, 3.05) is 26.2 Å². The predicted octanol–water partition coefficient (Wildman–Crippen LogP) is -0.299. The van der Waals surface area contributed by atoms with Gasteiger partial charge in [0.25, 0.3) is 0 Å². The second-order valence-corrected chi connectivity index (χ2v) is 4.62. The summed E-state index contributed by atoms with van der Waals surface area (Å²) in [5, 5.41) is 14.3. The zero-order chi connectivity index (χ0) is 13.5. The van der Waals surface area contributed by atoms with Gasteiger partial charge in [0.2, 0.25) is 5.91 Å². The van der Waals surface area contributed by atoms with Gasteiger partial charge < -0.3 is 10.4 Å². The van der Waals surface area contributed by atoms with E-state index in [9.17, 15) is 14.7 Å². The van der Waals surface area contributed by atoms with Crippen molar-refractivity contribution in [3.8, 4) is 0 Å². The SMILES string of the molecule is C=CCNC(=O)NC(=O)CN1CCC(O)C(C)C1. The summed E-state index contributed by atoms with van der Waals surface area (Å²) in [5.74, 6) is -0.179. The van der Waals surface area contributed by atoms with Crippen LogP contribution in [0.4, 0.5) is 4.79 Å². The van der Waals surface area contributed by atoms with Crippen LogP contribution in [-0.4, -0.2) is 54.2 Å². The van der Waals surface area contributed by atoms with Gasteiger partial charge in [0.1, 0.15) is 0 Å². The van der Waals surface area contributed by atoms with Crippen LogP contribution in [0.5, 0.6) is 0 Å². The smallest absolute Gasteiger partial charge is 0.321 e. The van der Waals surface area contributed by atoms with E-state index in [0.717, 1.165) is 0 Å². The maximum Gasteiger partial charge on any atom is 0.321 e.